The number of fused-ring (bicyclic) bond motifs is 10. The zero-order valence-corrected chi connectivity index (χ0v) is 37.7. The van der Waals surface area contributed by atoms with E-state index in [1.165, 1.54) is 5.56 Å². The molecule has 0 atom stereocenters. The Morgan fingerprint density at radius 1 is 0.357 bits per heavy atom. The summed E-state index contributed by atoms with van der Waals surface area (Å²) < 4.78 is 20.1. The van der Waals surface area contributed by atoms with Crippen LogP contribution >= 0.6 is 0 Å². The van der Waals surface area contributed by atoms with Crippen molar-refractivity contribution in [2.75, 3.05) is 0 Å². The van der Waals surface area contributed by atoms with E-state index >= 15 is 0 Å². The van der Waals surface area contributed by atoms with Crippen LogP contribution in [-0.4, -0.2) is 33.6 Å². The SMILES string of the molecule is Cc1ccc(-c2ccc3nc(-n4c5cc(Oc6ccc7c8ccccc8n(-c8ccccn8)c7c6)ccc5c5ccc(Oc6ccc7c8ccccc8n(-c8ccccn8)c7c6)cc54)ncc3c2)cc1. The number of para-hydroxylation sites is 2. The minimum Gasteiger partial charge on any atom is -0.457 e. The van der Waals surface area contributed by atoms with E-state index in [9.17, 15) is 0 Å². The highest BCUT2D eigenvalue weighted by Crippen LogP contribution is 2.41. The Labute approximate surface area is 400 Å². The molecule has 6 aromatic heterocycles. The maximum Gasteiger partial charge on any atom is 0.235 e. The van der Waals surface area contributed by atoms with E-state index in [2.05, 4.69) is 160 Å². The molecule has 330 valence electrons. The van der Waals surface area contributed by atoms with Crippen LogP contribution in [0, 0.1) is 6.92 Å². The molecule has 0 N–H and O–H groups in total. The first kappa shape index (κ1) is 39.6. The molecular weight excluding hydrogens is 863 g/mol. The Hall–Kier alpha value is -9.60. The van der Waals surface area contributed by atoms with Crippen LogP contribution in [0.15, 0.2) is 219 Å². The molecule has 0 unspecified atom stereocenters. The lowest BCUT2D eigenvalue weighted by Crippen LogP contribution is -2.01. The zero-order chi connectivity index (χ0) is 46.3. The van der Waals surface area contributed by atoms with Crippen molar-refractivity contribution < 1.29 is 9.47 Å². The lowest BCUT2D eigenvalue weighted by Gasteiger charge is -2.11. The van der Waals surface area contributed by atoms with Crippen molar-refractivity contribution in [2.45, 2.75) is 6.92 Å². The average Bonchev–Trinajstić information content (AvgIpc) is 4.03. The van der Waals surface area contributed by atoms with E-state index in [0.717, 1.165) is 99.1 Å². The quantitative estimate of drug-likeness (QED) is 0.151. The summed E-state index contributed by atoms with van der Waals surface area (Å²) in [5, 5.41) is 7.55. The van der Waals surface area contributed by atoms with Crippen LogP contribution in [0.5, 0.6) is 23.0 Å². The summed E-state index contributed by atoms with van der Waals surface area (Å²) >= 11 is 0. The third-order valence-electron chi connectivity index (χ3n) is 13.4. The molecule has 9 heteroatoms. The lowest BCUT2D eigenvalue weighted by molar-refractivity contribution is 0.484. The smallest absolute Gasteiger partial charge is 0.235 e. The van der Waals surface area contributed by atoms with E-state index in [0.29, 0.717) is 28.9 Å². The molecule has 9 nitrogen and oxygen atoms in total. The first-order valence-corrected chi connectivity index (χ1v) is 23.3. The van der Waals surface area contributed by atoms with Gasteiger partial charge in [-0.2, -0.15) is 0 Å². The third kappa shape index (κ3) is 6.47. The largest absolute Gasteiger partial charge is 0.457 e. The van der Waals surface area contributed by atoms with Crippen molar-refractivity contribution in [3.05, 3.63) is 224 Å². The predicted octanol–water partition coefficient (Wildman–Crippen LogP) is 15.3. The van der Waals surface area contributed by atoms with Crippen LogP contribution < -0.4 is 9.47 Å². The summed E-state index contributed by atoms with van der Waals surface area (Å²) in [5.41, 5.74) is 10.3. The first-order chi connectivity index (χ1) is 34.6. The zero-order valence-electron chi connectivity index (χ0n) is 37.7. The summed E-state index contributed by atoms with van der Waals surface area (Å²) in [6, 6.07) is 68.7. The van der Waals surface area contributed by atoms with Crippen molar-refractivity contribution in [3.63, 3.8) is 0 Å². The van der Waals surface area contributed by atoms with Gasteiger partial charge in [0.1, 0.15) is 34.6 Å². The average molecular weight is 902 g/mol. The number of hydrogen-bond acceptors (Lipinski definition) is 6. The number of aryl methyl sites for hydroxylation is 1. The Morgan fingerprint density at radius 3 is 1.29 bits per heavy atom. The predicted molar refractivity (Wildman–Crippen MR) is 281 cm³/mol. The molecule has 0 aliphatic heterocycles. The number of pyridine rings is 2. The maximum atomic E-state index is 6.78. The summed E-state index contributed by atoms with van der Waals surface area (Å²) in [5.74, 6) is 4.98. The highest BCUT2D eigenvalue weighted by atomic mass is 16.5. The van der Waals surface area contributed by atoms with Gasteiger partial charge in [-0.1, -0.05) is 84.4 Å². The second kappa shape index (κ2) is 15.8. The van der Waals surface area contributed by atoms with Gasteiger partial charge in [-0.25, -0.2) is 19.9 Å². The molecule has 0 saturated heterocycles. The van der Waals surface area contributed by atoms with Crippen LogP contribution in [0.4, 0.5) is 0 Å². The van der Waals surface area contributed by atoms with Gasteiger partial charge in [-0.15, -0.1) is 0 Å². The van der Waals surface area contributed by atoms with Gasteiger partial charge in [-0.3, -0.25) is 13.7 Å². The van der Waals surface area contributed by atoms with Crippen LogP contribution in [-0.2, 0) is 0 Å². The number of aromatic nitrogens is 7. The molecule has 0 radical (unpaired) electrons. The maximum absolute atomic E-state index is 6.78. The molecule has 0 aliphatic rings. The molecule has 6 heterocycles. The topological polar surface area (TPSA) is 84.8 Å². The second-order valence-corrected chi connectivity index (χ2v) is 17.6. The van der Waals surface area contributed by atoms with Gasteiger partial charge in [0.25, 0.3) is 0 Å². The van der Waals surface area contributed by atoms with Crippen molar-refractivity contribution in [1.29, 1.82) is 0 Å². The normalized spacial score (nSPS) is 11.8. The standard InChI is InChI=1S/C61H39N7O2/c1-38-16-18-39(19-17-38)40-20-29-52-41(32-40)37-64-61(65-52)68-57-35-44(69-42-21-25-48-46-10-2-4-12-53(46)66(55(48)33-42)59-14-6-8-30-62-59)23-27-50(57)51-28-24-45(36-58(51)68)70-43-22-26-49-47-11-3-5-13-54(47)67(56(49)34-43)60-15-7-9-31-63-60/h2-37H,1H3. The number of hydrogen-bond donors (Lipinski definition) is 0. The van der Waals surface area contributed by atoms with Gasteiger partial charge < -0.3 is 9.47 Å². The number of rotatable bonds is 8. The van der Waals surface area contributed by atoms with Crippen LogP contribution in [0.2, 0.25) is 0 Å². The Bertz CT molecular complexity index is 4150. The van der Waals surface area contributed by atoms with Crippen LogP contribution in [0.1, 0.15) is 5.56 Å². The summed E-state index contributed by atoms with van der Waals surface area (Å²) in [6.45, 7) is 2.10. The van der Waals surface area contributed by atoms with E-state index in [1.54, 1.807) is 0 Å². The molecule has 14 rings (SSSR count). The van der Waals surface area contributed by atoms with Gasteiger partial charge >= 0.3 is 0 Å². The van der Waals surface area contributed by atoms with Crippen molar-refractivity contribution in [1.82, 2.24) is 33.6 Å². The molecule has 14 aromatic rings. The number of benzene rings is 8. The summed E-state index contributed by atoms with van der Waals surface area (Å²) in [7, 11) is 0. The van der Waals surface area contributed by atoms with Crippen molar-refractivity contribution >= 4 is 76.3 Å². The van der Waals surface area contributed by atoms with E-state index in [1.807, 2.05) is 79.3 Å². The van der Waals surface area contributed by atoms with E-state index in [-0.39, 0.29) is 0 Å². The minimum atomic E-state index is 0.535. The fourth-order valence-electron chi connectivity index (χ4n) is 10.1. The number of nitrogens with zero attached hydrogens (tertiary/aromatic N) is 7. The van der Waals surface area contributed by atoms with Crippen LogP contribution in [0.25, 0.3) is 105 Å². The van der Waals surface area contributed by atoms with Gasteiger partial charge in [0.15, 0.2) is 0 Å². The number of ether oxygens (including phenoxy) is 2. The fourth-order valence-corrected chi connectivity index (χ4v) is 10.1. The lowest BCUT2D eigenvalue weighted by atomic mass is 10.0. The summed E-state index contributed by atoms with van der Waals surface area (Å²) in [6.07, 6.45) is 5.57. The van der Waals surface area contributed by atoms with Crippen molar-refractivity contribution in [3.8, 4) is 51.7 Å². The molecule has 0 fully saturated rings. The Balaban J connectivity index is 0.900. The Morgan fingerprint density at radius 2 is 0.800 bits per heavy atom. The van der Waals surface area contributed by atoms with Gasteiger partial charge in [-0.05, 0) is 115 Å². The molecule has 0 saturated carbocycles. The minimum absolute atomic E-state index is 0.535. The van der Waals surface area contributed by atoms with Crippen LogP contribution in [0.3, 0.4) is 0 Å². The highest BCUT2D eigenvalue weighted by molar-refractivity contribution is 6.12. The van der Waals surface area contributed by atoms with Gasteiger partial charge in [0.2, 0.25) is 5.95 Å². The van der Waals surface area contributed by atoms with Gasteiger partial charge in [0.05, 0.1) is 38.6 Å². The summed E-state index contributed by atoms with van der Waals surface area (Å²) in [4.78, 5) is 19.8. The van der Waals surface area contributed by atoms with Crippen molar-refractivity contribution in [2.24, 2.45) is 0 Å². The molecule has 0 aliphatic carbocycles. The fraction of sp³-hybridized carbons (Fsp3) is 0.0164. The van der Waals surface area contributed by atoms with E-state index in [4.69, 9.17) is 29.4 Å². The second-order valence-electron chi connectivity index (χ2n) is 17.6. The monoisotopic (exact) mass is 901 g/mol. The Kier molecular flexibility index (Phi) is 8.90. The third-order valence-corrected chi connectivity index (χ3v) is 13.4. The molecule has 0 amide bonds. The molecule has 0 spiro atoms. The van der Waals surface area contributed by atoms with Gasteiger partial charge in [0, 0.05) is 80.6 Å². The molecule has 8 aromatic carbocycles. The molecular formula is C61H39N7O2. The highest BCUT2D eigenvalue weighted by Gasteiger charge is 2.20. The van der Waals surface area contributed by atoms with E-state index < -0.39 is 0 Å². The molecule has 70 heavy (non-hydrogen) atoms. The molecule has 0 bridgehead atoms. The first-order valence-electron chi connectivity index (χ1n) is 23.3.